The van der Waals surface area contributed by atoms with E-state index in [1.54, 1.807) is 25.3 Å². The summed E-state index contributed by atoms with van der Waals surface area (Å²) < 4.78 is 6.07. The molecule has 0 aliphatic heterocycles. The van der Waals surface area contributed by atoms with Crippen LogP contribution in [0, 0.1) is 5.92 Å². The van der Waals surface area contributed by atoms with Crippen molar-refractivity contribution in [2.75, 3.05) is 7.11 Å². The first-order chi connectivity index (χ1) is 13.7. The number of hydrogen-bond acceptors (Lipinski definition) is 3. The maximum absolute atomic E-state index is 13.9. The monoisotopic (exact) mass is 368 g/mol. The van der Waals surface area contributed by atoms with Crippen molar-refractivity contribution in [2.24, 2.45) is 5.92 Å². The lowest BCUT2D eigenvalue weighted by atomic mass is 9.41. The zero-order valence-electron chi connectivity index (χ0n) is 15.6. The fourth-order valence-electron chi connectivity index (χ4n) is 5.37. The van der Waals surface area contributed by atoms with Crippen molar-refractivity contribution in [3.05, 3.63) is 107 Å². The molecule has 2 aliphatic rings. The van der Waals surface area contributed by atoms with Crippen molar-refractivity contribution in [3.8, 4) is 0 Å². The molecule has 28 heavy (non-hydrogen) atoms. The predicted molar refractivity (Wildman–Crippen MR) is 107 cm³/mol. The molecule has 0 aromatic heterocycles. The second-order valence-electron chi connectivity index (χ2n) is 7.57. The van der Waals surface area contributed by atoms with Crippen LogP contribution in [0.25, 0.3) is 0 Å². The maximum atomic E-state index is 13.9. The summed E-state index contributed by atoms with van der Waals surface area (Å²) in [5, 5.41) is 0. The largest absolute Gasteiger partial charge is 0.368 e. The molecule has 2 unspecified atom stereocenters. The van der Waals surface area contributed by atoms with E-state index in [1.165, 1.54) is 0 Å². The molecule has 0 heterocycles. The molecule has 2 atom stereocenters. The van der Waals surface area contributed by atoms with E-state index in [0.717, 1.165) is 11.1 Å². The van der Waals surface area contributed by atoms with Crippen LogP contribution in [0.1, 0.15) is 38.3 Å². The Kier molecular flexibility index (Phi) is 3.65. The van der Waals surface area contributed by atoms with Gasteiger partial charge >= 0.3 is 0 Å². The number of fused-ring (bicyclic) bond motifs is 2. The fourth-order valence-corrected chi connectivity index (χ4v) is 5.37. The van der Waals surface area contributed by atoms with E-state index in [-0.39, 0.29) is 11.6 Å². The summed E-state index contributed by atoms with van der Waals surface area (Å²) in [6.07, 6.45) is 0.549. The smallest absolute Gasteiger partial charge is 0.197 e. The number of carbonyl (C=O) groups excluding carboxylic acids is 2. The Morgan fingerprint density at radius 1 is 0.750 bits per heavy atom. The van der Waals surface area contributed by atoms with Crippen LogP contribution in [0.2, 0.25) is 0 Å². The minimum Gasteiger partial charge on any atom is -0.368 e. The lowest BCUT2D eigenvalue weighted by molar-refractivity contribution is -0.130. The van der Waals surface area contributed by atoms with E-state index in [2.05, 4.69) is 0 Å². The summed E-state index contributed by atoms with van der Waals surface area (Å²) >= 11 is 0. The van der Waals surface area contributed by atoms with Gasteiger partial charge in [0, 0.05) is 18.2 Å². The quantitative estimate of drug-likeness (QED) is 0.686. The summed E-state index contributed by atoms with van der Waals surface area (Å²) in [6.45, 7) is 0. The molecular weight excluding hydrogens is 348 g/mol. The van der Waals surface area contributed by atoms with Crippen molar-refractivity contribution in [3.63, 3.8) is 0 Å². The SMILES string of the molecule is COC12C(=O)c3ccccc3C(=O)C1CC2(c1ccccc1)c1ccccc1. The van der Waals surface area contributed by atoms with Gasteiger partial charge in [0.15, 0.2) is 17.2 Å². The first-order valence-corrected chi connectivity index (χ1v) is 9.51. The topological polar surface area (TPSA) is 43.4 Å². The van der Waals surface area contributed by atoms with Crippen LogP contribution in [-0.4, -0.2) is 24.3 Å². The van der Waals surface area contributed by atoms with Gasteiger partial charge in [-0.1, -0.05) is 84.9 Å². The van der Waals surface area contributed by atoms with Gasteiger partial charge in [-0.3, -0.25) is 9.59 Å². The second kappa shape index (κ2) is 5.98. The predicted octanol–water partition coefficient (Wildman–Crippen LogP) is 4.46. The Morgan fingerprint density at radius 2 is 1.25 bits per heavy atom. The van der Waals surface area contributed by atoms with Gasteiger partial charge in [0.25, 0.3) is 0 Å². The minimum atomic E-state index is -1.23. The number of carbonyl (C=O) groups is 2. The molecule has 1 saturated carbocycles. The van der Waals surface area contributed by atoms with Gasteiger partial charge in [-0.05, 0) is 17.5 Å². The second-order valence-corrected chi connectivity index (χ2v) is 7.57. The number of ketones is 2. The minimum absolute atomic E-state index is 0.000428. The highest BCUT2D eigenvalue weighted by Gasteiger charge is 2.75. The molecule has 0 radical (unpaired) electrons. The van der Waals surface area contributed by atoms with Crippen LogP contribution in [0.4, 0.5) is 0 Å². The third-order valence-electron chi connectivity index (χ3n) is 6.58. The molecule has 3 heteroatoms. The van der Waals surface area contributed by atoms with Crippen LogP contribution >= 0.6 is 0 Å². The van der Waals surface area contributed by atoms with E-state index >= 15 is 0 Å². The lowest BCUT2D eigenvalue weighted by Crippen LogP contribution is -2.75. The van der Waals surface area contributed by atoms with Crippen molar-refractivity contribution >= 4 is 11.6 Å². The highest BCUT2D eigenvalue weighted by atomic mass is 16.5. The molecule has 3 aromatic carbocycles. The van der Waals surface area contributed by atoms with Crippen LogP contribution in [0.15, 0.2) is 84.9 Å². The van der Waals surface area contributed by atoms with Gasteiger partial charge in [0.2, 0.25) is 0 Å². The van der Waals surface area contributed by atoms with E-state index in [0.29, 0.717) is 17.5 Å². The fraction of sp³-hybridized carbons (Fsp3) is 0.200. The van der Waals surface area contributed by atoms with Crippen LogP contribution in [-0.2, 0) is 10.2 Å². The first kappa shape index (κ1) is 17.1. The van der Waals surface area contributed by atoms with Gasteiger partial charge in [-0.2, -0.15) is 0 Å². The van der Waals surface area contributed by atoms with Crippen LogP contribution < -0.4 is 0 Å². The molecule has 5 rings (SSSR count). The Balaban J connectivity index is 1.82. The van der Waals surface area contributed by atoms with Gasteiger partial charge in [0.05, 0.1) is 11.3 Å². The Hall–Kier alpha value is -3.04. The normalized spacial score (nSPS) is 24.8. The number of Topliss-reactive ketones (excluding diaryl/α,β-unsaturated/α-hetero) is 2. The molecule has 138 valence electrons. The van der Waals surface area contributed by atoms with E-state index in [9.17, 15) is 9.59 Å². The van der Waals surface area contributed by atoms with E-state index < -0.39 is 16.9 Å². The summed E-state index contributed by atoms with van der Waals surface area (Å²) in [5.74, 6) is -0.589. The molecule has 0 amide bonds. The Bertz CT molecular complexity index is 1030. The standard InChI is InChI=1S/C25H20O3/c1-28-25-21(22(26)19-14-8-9-15-20(19)23(25)27)16-24(25,17-10-4-2-5-11-17)18-12-6-3-7-13-18/h2-15,21H,16H2,1H3. The number of rotatable bonds is 3. The maximum Gasteiger partial charge on any atom is 0.197 e. The third-order valence-corrected chi connectivity index (χ3v) is 6.58. The summed E-state index contributed by atoms with van der Waals surface area (Å²) in [6, 6.07) is 27.0. The Morgan fingerprint density at radius 3 is 1.79 bits per heavy atom. The molecule has 0 saturated heterocycles. The molecule has 2 aliphatic carbocycles. The summed E-state index contributed by atoms with van der Waals surface area (Å²) in [7, 11) is 1.56. The number of methoxy groups -OCH3 is 1. The number of benzene rings is 3. The van der Waals surface area contributed by atoms with E-state index in [4.69, 9.17) is 4.74 Å². The van der Waals surface area contributed by atoms with Crippen LogP contribution in [0.3, 0.4) is 0 Å². The lowest BCUT2D eigenvalue weighted by Gasteiger charge is -2.63. The molecule has 3 aromatic rings. The first-order valence-electron chi connectivity index (χ1n) is 9.51. The van der Waals surface area contributed by atoms with Crippen molar-refractivity contribution in [2.45, 2.75) is 17.4 Å². The zero-order valence-corrected chi connectivity index (χ0v) is 15.6. The van der Waals surface area contributed by atoms with Gasteiger partial charge in [0.1, 0.15) is 0 Å². The van der Waals surface area contributed by atoms with Crippen LogP contribution in [0.5, 0.6) is 0 Å². The molecule has 3 nitrogen and oxygen atoms in total. The molecule has 0 bridgehead atoms. The van der Waals surface area contributed by atoms with Gasteiger partial charge < -0.3 is 4.74 Å². The van der Waals surface area contributed by atoms with Crippen molar-refractivity contribution in [1.29, 1.82) is 0 Å². The van der Waals surface area contributed by atoms with Gasteiger partial charge in [-0.15, -0.1) is 0 Å². The average Bonchev–Trinajstić information content (AvgIpc) is 2.74. The highest BCUT2D eigenvalue weighted by Crippen LogP contribution is 2.64. The Labute approximate surface area is 164 Å². The van der Waals surface area contributed by atoms with Gasteiger partial charge in [-0.25, -0.2) is 0 Å². The third kappa shape index (κ3) is 1.87. The molecule has 0 spiro atoms. The highest BCUT2D eigenvalue weighted by molar-refractivity contribution is 6.21. The summed E-state index contributed by atoms with van der Waals surface area (Å²) in [4.78, 5) is 27.2. The van der Waals surface area contributed by atoms with Crippen molar-refractivity contribution < 1.29 is 14.3 Å². The van der Waals surface area contributed by atoms with E-state index in [1.807, 2.05) is 66.7 Å². The molecule has 0 N–H and O–H groups in total. The molecular formula is C25H20O3. The summed E-state index contributed by atoms with van der Waals surface area (Å²) in [5.41, 5.74) is 1.04. The average molecular weight is 368 g/mol. The number of hydrogen-bond donors (Lipinski definition) is 0. The molecule has 1 fully saturated rings. The van der Waals surface area contributed by atoms with Crippen molar-refractivity contribution in [1.82, 2.24) is 0 Å². The number of ether oxygens (including phenoxy) is 1. The zero-order chi connectivity index (χ0) is 19.4.